The van der Waals surface area contributed by atoms with Crippen molar-refractivity contribution >= 4 is 31.9 Å². The van der Waals surface area contributed by atoms with Gasteiger partial charge in [-0.1, -0.05) is 0 Å². The average molecular weight is 377 g/mol. The van der Waals surface area contributed by atoms with Gasteiger partial charge < -0.3 is 0 Å². The number of pyridine rings is 1. The highest BCUT2D eigenvalue weighted by molar-refractivity contribution is 9.11. The van der Waals surface area contributed by atoms with Gasteiger partial charge in [0.25, 0.3) is 0 Å². The number of hydrazine groups is 1. The Morgan fingerprint density at radius 2 is 2.06 bits per heavy atom. The standard InChI is InChI=1S/C9H10Br2F3N3/c10-5-3-6(11)8(16-4-5)7(17-15)1-2-9(12,13)14/h3-4,7,17H,1-2,15H2. The van der Waals surface area contributed by atoms with Crippen molar-refractivity contribution < 1.29 is 13.2 Å². The van der Waals surface area contributed by atoms with Gasteiger partial charge >= 0.3 is 6.18 Å². The van der Waals surface area contributed by atoms with Gasteiger partial charge in [0.2, 0.25) is 0 Å². The summed E-state index contributed by atoms with van der Waals surface area (Å²) in [5, 5.41) is 0. The Balaban J connectivity index is 2.79. The molecule has 0 aliphatic carbocycles. The summed E-state index contributed by atoms with van der Waals surface area (Å²) in [7, 11) is 0. The minimum Gasteiger partial charge on any atom is -0.271 e. The number of rotatable bonds is 4. The second-order valence-electron chi connectivity index (χ2n) is 3.39. The van der Waals surface area contributed by atoms with Crippen molar-refractivity contribution in [2.45, 2.75) is 25.1 Å². The normalized spacial score (nSPS) is 13.8. The summed E-state index contributed by atoms with van der Waals surface area (Å²) in [4.78, 5) is 4.05. The van der Waals surface area contributed by atoms with Gasteiger partial charge in [-0.25, -0.2) is 0 Å². The van der Waals surface area contributed by atoms with Crippen LogP contribution in [0.2, 0.25) is 0 Å². The fourth-order valence-corrected chi connectivity index (χ4v) is 2.55. The molecule has 0 amide bonds. The molecule has 0 saturated heterocycles. The maximum atomic E-state index is 12.1. The first kappa shape index (κ1) is 14.9. The summed E-state index contributed by atoms with van der Waals surface area (Å²) in [6, 6.07) is 1.07. The van der Waals surface area contributed by atoms with E-state index in [1.54, 1.807) is 6.07 Å². The van der Waals surface area contributed by atoms with E-state index in [0.717, 1.165) is 4.47 Å². The molecule has 0 aliphatic rings. The fraction of sp³-hybridized carbons (Fsp3) is 0.444. The van der Waals surface area contributed by atoms with E-state index >= 15 is 0 Å². The number of alkyl halides is 3. The third-order valence-corrected chi connectivity index (χ3v) is 3.15. The molecular formula is C9H10Br2F3N3. The molecule has 3 nitrogen and oxygen atoms in total. The van der Waals surface area contributed by atoms with Gasteiger partial charge in [0.15, 0.2) is 0 Å². The highest BCUT2D eigenvalue weighted by Gasteiger charge is 2.29. The molecule has 3 N–H and O–H groups in total. The Bertz CT molecular complexity index is 384. The molecule has 0 bridgehead atoms. The molecule has 17 heavy (non-hydrogen) atoms. The van der Waals surface area contributed by atoms with Gasteiger partial charge in [-0.05, 0) is 44.3 Å². The van der Waals surface area contributed by atoms with Crippen LogP contribution in [0.4, 0.5) is 13.2 Å². The Kier molecular flexibility index (Phi) is 5.36. The number of nitrogens with two attached hydrogens (primary N) is 1. The Hall–Kier alpha value is -0.180. The van der Waals surface area contributed by atoms with Crippen LogP contribution in [0.3, 0.4) is 0 Å². The lowest BCUT2D eigenvalue weighted by atomic mass is 10.1. The van der Waals surface area contributed by atoms with Crippen molar-refractivity contribution in [3.63, 3.8) is 0 Å². The number of halogens is 5. The predicted molar refractivity (Wildman–Crippen MR) is 65.0 cm³/mol. The van der Waals surface area contributed by atoms with Crippen LogP contribution in [0, 0.1) is 0 Å². The molecule has 0 aliphatic heterocycles. The zero-order chi connectivity index (χ0) is 13.1. The average Bonchev–Trinajstić information content (AvgIpc) is 2.19. The maximum absolute atomic E-state index is 12.1. The number of nitrogens with one attached hydrogen (secondary N) is 1. The minimum absolute atomic E-state index is 0.159. The van der Waals surface area contributed by atoms with E-state index in [2.05, 4.69) is 42.3 Å². The van der Waals surface area contributed by atoms with Gasteiger partial charge in [-0.2, -0.15) is 13.2 Å². The van der Waals surface area contributed by atoms with Crippen LogP contribution in [0.5, 0.6) is 0 Å². The quantitative estimate of drug-likeness (QED) is 0.625. The molecular weight excluding hydrogens is 367 g/mol. The molecule has 1 atom stereocenters. The van der Waals surface area contributed by atoms with Crippen LogP contribution in [0.15, 0.2) is 21.2 Å². The lowest BCUT2D eigenvalue weighted by Crippen LogP contribution is -2.30. The molecule has 1 rings (SSSR count). The van der Waals surface area contributed by atoms with Gasteiger partial charge in [0, 0.05) is 21.6 Å². The zero-order valence-electron chi connectivity index (χ0n) is 8.56. The Morgan fingerprint density at radius 3 is 2.53 bits per heavy atom. The molecule has 8 heteroatoms. The molecule has 0 saturated carbocycles. The molecule has 1 unspecified atom stereocenters. The Labute approximate surface area is 113 Å². The smallest absolute Gasteiger partial charge is 0.271 e. The van der Waals surface area contributed by atoms with Gasteiger partial charge in [0.05, 0.1) is 11.7 Å². The number of aromatic nitrogens is 1. The van der Waals surface area contributed by atoms with Crippen LogP contribution < -0.4 is 11.3 Å². The molecule has 96 valence electrons. The van der Waals surface area contributed by atoms with Crippen LogP contribution in [-0.4, -0.2) is 11.2 Å². The van der Waals surface area contributed by atoms with Crippen molar-refractivity contribution in [1.82, 2.24) is 10.4 Å². The minimum atomic E-state index is -4.20. The van der Waals surface area contributed by atoms with Crippen molar-refractivity contribution in [2.24, 2.45) is 5.84 Å². The second-order valence-corrected chi connectivity index (χ2v) is 5.16. The highest BCUT2D eigenvalue weighted by atomic mass is 79.9. The fourth-order valence-electron chi connectivity index (χ4n) is 1.29. The van der Waals surface area contributed by atoms with Gasteiger partial charge in [-0.3, -0.25) is 16.3 Å². The van der Waals surface area contributed by atoms with Gasteiger partial charge in [-0.15, -0.1) is 0 Å². The second kappa shape index (κ2) is 6.12. The first-order valence-corrected chi connectivity index (χ1v) is 6.26. The van der Waals surface area contributed by atoms with E-state index in [1.165, 1.54) is 6.20 Å². The largest absolute Gasteiger partial charge is 0.389 e. The lowest BCUT2D eigenvalue weighted by molar-refractivity contribution is -0.136. The third kappa shape index (κ3) is 4.90. The number of nitrogens with zero attached hydrogens (tertiary/aromatic N) is 1. The molecule has 0 aromatic carbocycles. The van der Waals surface area contributed by atoms with E-state index in [4.69, 9.17) is 5.84 Å². The summed E-state index contributed by atoms with van der Waals surface area (Å²) in [6.07, 6.45) is -3.76. The van der Waals surface area contributed by atoms with Crippen LogP contribution in [-0.2, 0) is 0 Å². The van der Waals surface area contributed by atoms with Crippen LogP contribution >= 0.6 is 31.9 Å². The van der Waals surface area contributed by atoms with Crippen molar-refractivity contribution in [3.8, 4) is 0 Å². The maximum Gasteiger partial charge on any atom is 0.389 e. The molecule has 0 spiro atoms. The van der Waals surface area contributed by atoms with Crippen molar-refractivity contribution in [3.05, 3.63) is 26.9 Å². The molecule has 1 aromatic heterocycles. The van der Waals surface area contributed by atoms with Crippen molar-refractivity contribution in [1.29, 1.82) is 0 Å². The van der Waals surface area contributed by atoms with E-state index in [9.17, 15) is 13.2 Å². The van der Waals surface area contributed by atoms with E-state index in [0.29, 0.717) is 10.2 Å². The van der Waals surface area contributed by atoms with Gasteiger partial charge in [0.1, 0.15) is 0 Å². The lowest BCUT2D eigenvalue weighted by Gasteiger charge is -2.17. The molecule has 1 aromatic rings. The van der Waals surface area contributed by atoms with Crippen LogP contribution in [0.1, 0.15) is 24.6 Å². The van der Waals surface area contributed by atoms with Crippen molar-refractivity contribution in [2.75, 3.05) is 0 Å². The van der Waals surface area contributed by atoms with E-state index in [1.807, 2.05) is 0 Å². The molecule has 0 radical (unpaired) electrons. The topological polar surface area (TPSA) is 50.9 Å². The number of hydrogen-bond donors (Lipinski definition) is 2. The first-order valence-electron chi connectivity index (χ1n) is 4.67. The van der Waals surface area contributed by atoms with E-state index in [-0.39, 0.29) is 6.42 Å². The first-order chi connectivity index (χ1) is 7.83. The summed E-state index contributed by atoms with van der Waals surface area (Å²) < 4.78 is 37.7. The molecule has 0 fully saturated rings. The summed E-state index contributed by atoms with van der Waals surface area (Å²) in [5.41, 5.74) is 2.80. The Morgan fingerprint density at radius 1 is 1.41 bits per heavy atom. The summed E-state index contributed by atoms with van der Waals surface area (Å²) in [5.74, 6) is 5.25. The van der Waals surface area contributed by atoms with E-state index < -0.39 is 18.6 Å². The van der Waals surface area contributed by atoms with Crippen LogP contribution in [0.25, 0.3) is 0 Å². The summed E-state index contributed by atoms with van der Waals surface area (Å²) >= 11 is 6.45. The molecule has 1 heterocycles. The predicted octanol–water partition coefficient (Wildman–Crippen LogP) is 3.45. The SMILES string of the molecule is NNC(CCC(F)(F)F)c1ncc(Br)cc1Br. The highest BCUT2D eigenvalue weighted by Crippen LogP contribution is 2.30. The monoisotopic (exact) mass is 375 g/mol. The zero-order valence-corrected chi connectivity index (χ0v) is 11.7. The number of hydrogen-bond acceptors (Lipinski definition) is 3. The summed E-state index contributed by atoms with van der Waals surface area (Å²) in [6.45, 7) is 0. The third-order valence-electron chi connectivity index (χ3n) is 2.08.